The fourth-order valence-corrected chi connectivity index (χ4v) is 5.17. The first kappa shape index (κ1) is 29.6. The number of alkyl halides is 3. The highest BCUT2D eigenvalue weighted by atomic mass is 35.5. The lowest BCUT2D eigenvalue weighted by Crippen LogP contribution is -2.36. The predicted molar refractivity (Wildman–Crippen MR) is 159 cm³/mol. The van der Waals surface area contributed by atoms with Gasteiger partial charge >= 0.3 is 6.18 Å². The summed E-state index contributed by atoms with van der Waals surface area (Å²) in [5.74, 6) is 0.951. The van der Waals surface area contributed by atoms with E-state index in [1.807, 2.05) is 0 Å². The normalized spacial score (nSPS) is 15.7. The quantitative estimate of drug-likeness (QED) is 0.244. The van der Waals surface area contributed by atoms with Crippen LogP contribution in [0.3, 0.4) is 0 Å². The Bertz CT molecular complexity index is 1750. The van der Waals surface area contributed by atoms with Gasteiger partial charge in [0.05, 0.1) is 24.2 Å². The lowest BCUT2D eigenvalue weighted by molar-refractivity contribution is -0.137. The van der Waals surface area contributed by atoms with Crippen LogP contribution in [0.5, 0.6) is 5.75 Å². The van der Waals surface area contributed by atoms with E-state index in [1.165, 1.54) is 35.8 Å². The molecule has 2 fully saturated rings. The number of halogens is 4. The number of rotatable bonds is 9. The number of nitrogens with two attached hydrogens (primary N) is 1. The maximum absolute atomic E-state index is 13.7. The summed E-state index contributed by atoms with van der Waals surface area (Å²) >= 11 is 6.72. The van der Waals surface area contributed by atoms with Crippen LogP contribution in [-0.4, -0.2) is 55.4 Å². The molecule has 0 atom stereocenters. The summed E-state index contributed by atoms with van der Waals surface area (Å²) < 4.78 is 48.6. The van der Waals surface area contributed by atoms with Crippen molar-refractivity contribution in [3.8, 4) is 5.75 Å². The summed E-state index contributed by atoms with van der Waals surface area (Å²) in [5, 5.41) is 3.15. The third kappa shape index (κ3) is 5.99. The van der Waals surface area contributed by atoms with Crippen LogP contribution in [0.15, 0.2) is 43.0 Å². The van der Waals surface area contributed by atoms with Crippen molar-refractivity contribution >= 4 is 51.9 Å². The summed E-state index contributed by atoms with van der Waals surface area (Å²) in [6.07, 6.45) is 3.73. The highest BCUT2D eigenvalue weighted by Gasteiger charge is 2.33. The molecule has 1 amide bonds. The number of carbonyl (C=O) groups excluding carboxylic acids is 1. The fourth-order valence-electron chi connectivity index (χ4n) is 4.87. The van der Waals surface area contributed by atoms with Gasteiger partial charge in [-0.3, -0.25) is 14.6 Å². The maximum atomic E-state index is 13.7. The van der Waals surface area contributed by atoms with Crippen LogP contribution in [0.25, 0.3) is 16.9 Å². The first-order valence-electron chi connectivity index (χ1n) is 13.9. The van der Waals surface area contributed by atoms with E-state index in [9.17, 15) is 18.0 Å². The summed E-state index contributed by atoms with van der Waals surface area (Å²) in [6.45, 7) is 2.14. The number of fused-ring (bicyclic) bond motifs is 1. The smallest absolute Gasteiger partial charge is 0.416 e. The number of amides is 1. The summed E-state index contributed by atoms with van der Waals surface area (Å²) in [6, 6.07) is 3.90. The Morgan fingerprint density at radius 3 is 2.57 bits per heavy atom. The second-order valence-electron chi connectivity index (χ2n) is 10.8. The summed E-state index contributed by atoms with van der Waals surface area (Å²) in [5.41, 5.74) is 6.81. The summed E-state index contributed by atoms with van der Waals surface area (Å²) in [7, 11) is 3.31. The van der Waals surface area contributed by atoms with Gasteiger partial charge in [-0.25, -0.2) is 15.0 Å². The minimum Gasteiger partial charge on any atom is -0.450 e. The van der Waals surface area contributed by atoms with Crippen LogP contribution in [0.2, 0.25) is 5.02 Å². The Morgan fingerprint density at radius 2 is 1.95 bits per heavy atom. The highest BCUT2D eigenvalue weighted by molar-refractivity contribution is 6.36. The third-order valence-corrected chi connectivity index (χ3v) is 7.96. The largest absolute Gasteiger partial charge is 0.450 e. The van der Waals surface area contributed by atoms with E-state index in [2.05, 4.69) is 30.2 Å². The molecule has 0 spiro atoms. The second-order valence-corrected chi connectivity index (χ2v) is 11.2. The van der Waals surface area contributed by atoms with Gasteiger partial charge in [0.25, 0.3) is 0 Å². The van der Waals surface area contributed by atoms with E-state index in [0.717, 1.165) is 38.4 Å². The van der Waals surface area contributed by atoms with Crippen molar-refractivity contribution in [1.82, 2.24) is 29.4 Å². The van der Waals surface area contributed by atoms with E-state index in [0.29, 0.717) is 29.1 Å². The molecule has 3 N–H and O–H groups in total. The molecule has 1 saturated heterocycles. The molecule has 15 heteroatoms. The average molecular weight is 628 g/mol. The molecule has 0 unspecified atom stereocenters. The zero-order valence-corrected chi connectivity index (χ0v) is 24.7. The van der Waals surface area contributed by atoms with Crippen LogP contribution < -0.4 is 20.7 Å². The number of nitrogens with zero attached hydrogens (tertiary/aromatic N) is 7. The number of aromatic nitrogens is 5. The Balaban J connectivity index is 1.24. The number of anilines is 3. The van der Waals surface area contributed by atoms with Crippen molar-refractivity contribution < 1.29 is 22.7 Å². The highest BCUT2D eigenvalue weighted by Crippen LogP contribution is 2.37. The number of nitrogens with one attached hydrogen (secondary N) is 1. The molecule has 0 radical (unpaired) electrons. The van der Waals surface area contributed by atoms with Crippen molar-refractivity contribution in [3.05, 3.63) is 64.8 Å². The summed E-state index contributed by atoms with van der Waals surface area (Å²) in [4.78, 5) is 33.3. The average Bonchev–Trinajstić information content (AvgIpc) is 3.78. The molecular formula is C29H29ClF3N9O2. The van der Waals surface area contributed by atoms with Crippen LogP contribution >= 0.6 is 11.6 Å². The standard InChI is InChI=1S/C29H29ClF3N9O2/c1-40(27(43)17-4-5-17)23-14-35-20(12-36-23)21(11-34)44-22-13-37-26-25(24(22)30)41(2)28(39-26)38-19-9-16(15-42-6-3-7-42)8-18(10-19)29(31,32)33/h8-14,17H,3-7,15,34H2,1-2H3,(H,37,38,39)/b21-11+. The number of pyridine rings is 1. The molecule has 4 heterocycles. The number of likely N-dealkylation sites (tertiary alicyclic amines) is 1. The third-order valence-electron chi connectivity index (χ3n) is 7.60. The van der Waals surface area contributed by atoms with Gasteiger partial charge in [-0.2, -0.15) is 18.2 Å². The van der Waals surface area contributed by atoms with Crippen molar-refractivity contribution in [2.24, 2.45) is 18.7 Å². The van der Waals surface area contributed by atoms with Crippen LogP contribution in [0.1, 0.15) is 36.1 Å². The van der Waals surface area contributed by atoms with Gasteiger partial charge in [0, 0.05) is 38.4 Å². The molecule has 1 aromatic carbocycles. The molecule has 44 heavy (non-hydrogen) atoms. The number of benzene rings is 1. The molecule has 0 bridgehead atoms. The van der Waals surface area contributed by atoms with Crippen molar-refractivity contribution in [1.29, 1.82) is 0 Å². The van der Waals surface area contributed by atoms with Crippen LogP contribution in [0.4, 0.5) is 30.6 Å². The Hall–Kier alpha value is -4.43. The Kier molecular flexibility index (Phi) is 7.80. The number of carbonyl (C=O) groups is 1. The van der Waals surface area contributed by atoms with E-state index in [1.54, 1.807) is 24.7 Å². The molecule has 1 aliphatic carbocycles. The van der Waals surface area contributed by atoms with E-state index in [-0.39, 0.29) is 45.6 Å². The van der Waals surface area contributed by atoms with Crippen LogP contribution in [-0.2, 0) is 24.6 Å². The van der Waals surface area contributed by atoms with Gasteiger partial charge in [0.1, 0.15) is 16.2 Å². The van der Waals surface area contributed by atoms with E-state index >= 15 is 0 Å². The number of hydrogen-bond donors (Lipinski definition) is 2. The number of ether oxygens (including phenoxy) is 1. The van der Waals surface area contributed by atoms with Gasteiger partial charge < -0.3 is 20.4 Å². The molecule has 2 aliphatic rings. The van der Waals surface area contributed by atoms with Gasteiger partial charge in [-0.05, 0) is 56.1 Å². The first-order valence-corrected chi connectivity index (χ1v) is 14.3. The van der Waals surface area contributed by atoms with E-state index in [4.69, 9.17) is 22.1 Å². The Morgan fingerprint density at radius 1 is 1.18 bits per heavy atom. The minimum absolute atomic E-state index is 0.00532. The lowest BCUT2D eigenvalue weighted by atomic mass is 10.1. The number of imidazole rings is 1. The Labute approximate surface area is 255 Å². The molecule has 230 valence electrons. The molecular weight excluding hydrogens is 599 g/mol. The molecule has 1 saturated carbocycles. The number of hydrogen-bond acceptors (Lipinski definition) is 9. The molecule has 6 rings (SSSR count). The zero-order chi connectivity index (χ0) is 31.2. The second kappa shape index (κ2) is 11.6. The van der Waals surface area contributed by atoms with E-state index < -0.39 is 11.7 Å². The van der Waals surface area contributed by atoms with Gasteiger partial charge in [0.2, 0.25) is 11.9 Å². The zero-order valence-electron chi connectivity index (χ0n) is 23.9. The lowest BCUT2D eigenvalue weighted by Gasteiger charge is -2.31. The van der Waals surface area contributed by atoms with Gasteiger partial charge in [-0.15, -0.1) is 0 Å². The van der Waals surface area contributed by atoms with Gasteiger partial charge in [-0.1, -0.05) is 11.6 Å². The topological polar surface area (TPSA) is 127 Å². The van der Waals surface area contributed by atoms with Crippen molar-refractivity contribution in [2.45, 2.75) is 32.0 Å². The van der Waals surface area contributed by atoms with Crippen molar-refractivity contribution in [2.75, 3.05) is 30.4 Å². The minimum atomic E-state index is -4.51. The first-order chi connectivity index (χ1) is 21.0. The molecule has 11 nitrogen and oxygen atoms in total. The molecule has 4 aromatic rings. The SMILES string of the molecule is CN(C(=O)C1CC1)c1cnc(/C(=C\N)Oc2cnc3nc(Nc4cc(CN5CCC5)cc(C(F)(F)F)c4)n(C)c3c2Cl)cn1. The fraction of sp³-hybridized carbons (Fsp3) is 0.345. The number of aryl methyl sites for hydroxylation is 1. The predicted octanol–water partition coefficient (Wildman–Crippen LogP) is 5.09. The molecule has 3 aromatic heterocycles. The monoisotopic (exact) mass is 627 g/mol. The van der Waals surface area contributed by atoms with Gasteiger partial charge in [0.15, 0.2) is 23.0 Å². The molecule has 1 aliphatic heterocycles. The van der Waals surface area contributed by atoms with Crippen molar-refractivity contribution in [3.63, 3.8) is 0 Å². The maximum Gasteiger partial charge on any atom is 0.416 e. The van der Waals surface area contributed by atoms with Crippen LogP contribution in [0, 0.1) is 5.92 Å².